The first kappa shape index (κ1) is 15.1. The van der Waals surface area contributed by atoms with Gasteiger partial charge in [-0.3, -0.25) is 4.79 Å². The molecule has 0 atom stereocenters. The van der Waals surface area contributed by atoms with Crippen molar-refractivity contribution in [2.45, 2.75) is 13.3 Å². The predicted octanol–water partition coefficient (Wildman–Crippen LogP) is 3.84. The van der Waals surface area contributed by atoms with Crippen LogP contribution in [0.2, 0.25) is 5.02 Å². The fraction of sp³-hybridized carbons (Fsp3) is 0.200. The molecule has 0 saturated heterocycles. The van der Waals surface area contributed by atoms with Crippen LogP contribution in [0.3, 0.4) is 0 Å². The molecule has 0 fully saturated rings. The molecule has 21 heavy (non-hydrogen) atoms. The first-order valence-corrected chi connectivity index (χ1v) is 6.86. The molecule has 0 saturated carbocycles. The molecular formula is C15H16ClN3O2. The molecule has 0 unspecified atom stereocenters. The number of carbonyl (C=O) groups excluding carboxylic acids is 1. The van der Waals surface area contributed by atoms with E-state index in [1.54, 1.807) is 44.5 Å². The topological polar surface area (TPSA) is 63.2 Å². The van der Waals surface area contributed by atoms with Gasteiger partial charge in [0.25, 0.3) is 0 Å². The molecule has 1 amide bonds. The van der Waals surface area contributed by atoms with Crippen molar-refractivity contribution in [3.63, 3.8) is 0 Å². The first-order chi connectivity index (χ1) is 10.1. The monoisotopic (exact) mass is 305 g/mol. The van der Waals surface area contributed by atoms with Gasteiger partial charge in [0.15, 0.2) is 0 Å². The van der Waals surface area contributed by atoms with Crippen molar-refractivity contribution < 1.29 is 9.53 Å². The minimum Gasteiger partial charge on any atom is -0.495 e. The number of nitrogens with one attached hydrogen (secondary N) is 2. The maximum absolute atomic E-state index is 11.3. The average Bonchev–Trinajstić information content (AvgIpc) is 2.49. The Kier molecular flexibility index (Phi) is 5.00. The summed E-state index contributed by atoms with van der Waals surface area (Å²) >= 11 is 5.98. The van der Waals surface area contributed by atoms with Crippen LogP contribution in [0.1, 0.15) is 13.3 Å². The van der Waals surface area contributed by atoms with Gasteiger partial charge in [-0.15, -0.1) is 0 Å². The molecule has 110 valence electrons. The summed E-state index contributed by atoms with van der Waals surface area (Å²) in [7, 11) is 1.59. The Morgan fingerprint density at radius 1 is 1.33 bits per heavy atom. The minimum absolute atomic E-state index is 0.0697. The number of ether oxygens (including phenoxy) is 1. The SMILES string of the molecule is CCC(=O)Nc1ccc(Nc2cc(Cl)ccc2OC)cn1. The van der Waals surface area contributed by atoms with Crippen LogP contribution in [0.15, 0.2) is 36.5 Å². The smallest absolute Gasteiger partial charge is 0.225 e. The van der Waals surface area contributed by atoms with Crippen LogP contribution in [0.25, 0.3) is 0 Å². The Morgan fingerprint density at radius 2 is 2.14 bits per heavy atom. The Morgan fingerprint density at radius 3 is 2.76 bits per heavy atom. The molecule has 2 aromatic rings. The van der Waals surface area contributed by atoms with Crippen molar-refractivity contribution in [1.29, 1.82) is 0 Å². The van der Waals surface area contributed by atoms with E-state index in [0.29, 0.717) is 23.0 Å². The number of pyridine rings is 1. The molecule has 1 heterocycles. The maximum Gasteiger partial charge on any atom is 0.225 e. The predicted molar refractivity (Wildman–Crippen MR) is 84.4 cm³/mol. The lowest BCUT2D eigenvalue weighted by Crippen LogP contribution is -2.10. The number of carbonyl (C=O) groups is 1. The fourth-order valence-corrected chi connectivity index (χ4v) is 1.88. The van der Waals surface area contributed by atoms with Crippen LogP contribution in [0.5, 0.6) is 5.75 Å². The largest absolute Gasteiger partial charge is 0.495 e. The Hall–Kier alpha value is -2.27. The second kappa shape index (κ2) is 6.95. The number of hydrogen-bond acceptors (Lipinski definition) is 4. The van der Waals surface area contributed by atoms with Crippen LogP contribution in [-0.2, 0) is 4.79 Å². The van der Waals surface area contributed by atoms with Gasteiger partial charge in [-0.1, -0.05) is 18.5 Å². The molecule has 0 aliphatic carbocycles. The normalized spacial score (nSPS) is 10.0. The molecular weight excluding hydrogens is 290 g/mol. The highest BCUT2D eigenvalue weighted by Crippen LogP contribution is 2.30. The van der Waals surface area contributed by atoms with Gasteiger partial charge in [-0.2, -0.15) is 0 Å². The van der Waals surface area contributed by atoms with Crippen molar-refractivity contribution >= 4 is 34.7 Å². The number of nitrogens with zero attached hydrogens (tertiary/aromatic N) is 1. The standard InChI is InChI=1S/C15H16ClN3O2/c1-3-15(20)19-14-7-5-11(9-17-14)18-12-8-10(16)4-6-13(12)21-2/h4-9,18H,3H2,1-2H3,(H,17,19,20). The third-order valence-corrected chi connectivity index (χ3v) is 3.03. The Balaban J connectivity index is 2.13. The second-order valence-electron chi connectivity index (χ2n) is 4.30. The van der Waals surface area contributed by atoms with Gasteiger partial charge in [0.05, 0.1) is 24.7 Å². The number of halogens is 1. The zero-order chi connectivity index (χ0) is 15.2. The summed E-state index contributed by atoms with van der Waals surface area (Å²) in [5, 5.41) is 6.47. The van der Waals surface area contributed by atoms with E-state index in [1.165, 1.54) is 0 Å². The van der Waals surface area contributed by atoms with Crippen LogP contribution in [0.4, 0.5) is 17.2 Å². The lowest BCUT2D eigenvalue weighted by atomic mass is 10.2. The van der Waals surface area contributed by atoms with Crippen LogP contribution >= 0.6 is 11.6 Å². The molecule has 0 spiro atoms. The number of anilines is 3. The first-order valence-electron chi connectivity index (χ1n) is 6.49. The van der Waals surface area contributed by atoms with Gasteiger partial charge in [-0.05, 0) is 30.3 Å². The minimum atomic E-state index is -0.0697. The van der Waals surface area contributed by atoms with E-state index in [1.807, 2.05) is 6.07 Å². The van der Waals surface area contributed by atoms with E-state index in [2.05, 4.69) is 15.6 Å². The molecule has 0 bridgehead atoms. The molecule has 0 aliphatic rings. The lowest BCUT2D eigenvalue weighted by Gasteiger charge is -2.11. The fourth-order valence-electron chi connectivity index (χ4n) is 1.71. The summed E-state index contributed by atoms with van der Waals surface area (Å²) in [6, 6.07) is 8.86. The number of hydrogen-bond donors (Lipinski definition) is 2. The summed E-state index contributed by atoms with van der Waals surface area (Å²) in [4.78, 5) is 15.5. The van der Waals surface area contributed by atoms with Gasteiger partial charge in [0.1, 0.15) is 11.6 Å². The number of methoxy groups -OCH3 is 1. The summed E-state index contributed by atoms with van der Waals surface area (Å²) < 4.78 is 5.26. The van der Waals surface area contributed by atoms with Gasteiger partial charge in [0.2, 0.25) is 5.91 Å². The summed E-state index contributed by atoms with van der Waals surface area (Å²) in [5.41, 5.74) is 1.52. The maximum atomic E-state index is 11.3. The molecule has 0 radical (unpaired) electrons. The Bertz CT molecular complexity index is 629. The molecule has 0 aliphatic heterocycles. The summed E-state index contributed by atoms with van der Waals surface area (Å²) in [6.07, 6.45) is 2.05. The lowest BCUT2D eigenvalue weighted by molar-refractivity contribution is -0.115. The molecule has 6 heteroatoms. The van der Waals surface area contributed by atoms with Crippen LogP contribution < -0.4 is 15.4 Å². The number of benzene rings is 1. The molecule has 2 N–H and O–H groups in total. The second-order valence-corrected chi connectivity index (χ2v) is 4.74. The van der Waals surface area contributed by atoms with Crippen molar-refractivity contribution in [2.24, 2.45) is 0 Å². The van der Waals surface area contributed by atoms with Crippen LogP contribution in [0, 0.1) is 0 Å². The van der Waals surface area contributed by atoms with Crippen molar-refractivity contribution in [2.75, 3.05) is 17.7 Å². The molecule has 5 nitrogen and oxygen atoms in total. The highest BCUT2D eigenvalue weighted by molar-refractivity contribution is 6.31. The number of rotatable bonds is 5. The Labute approximate surface area is 128 Å². The number of aromatic nitrogens is 1. The van der Waals surface area contributed by atoms with Crippen LogP contribution in [-0.4, -0.2) is 18.0 Å². The van der Waals surface area contributed by atoms with Crippen molar-refractivity contribution in [1.82, 2.24) is 4.98 Å². The highest BCUT2D eigenvalue weighted by Gasteiger charge is 2.05. The van der Waals surface area contributed by atoms with Gasteiger partial charge < -0.3 is 15.4 Å². The highest BCUT2D eigenvalue weighted by atomic mass is 35.5. The van der Waals surface area contributed by atoms with E-state index < -0.39 is 0 Å². The van der Waals surface area contributed by atoms with E-state index in [-0.39, 0.29) is 5.91 Å². The van der Waals surface area contributed by atoms with E-state index in [4.69, 9.17) is 16.3 Å². The zero-order valence-corrected chi connectivity index (χ0v) is 12.6. The van der Waals surface area contributed by atoms with Crippen molar-refractivity contribution in [3.8, 4) is 5.75 Å². The van der Waals surface area contributed by atoms with Gasteiger partial charge >= 0.3 is 0 Å². The van der Waals surface area contributed by atoms with E-state index in [9.17, 15) is 4.79 Å². The van der Waals surface area contributed by atoms with E-state index >= 15 is 0 Å². The van der Waals surface area contributed by atoms with E-state index in [0.717, 1.165) is 11.4 Å². The summed E-state index contributed by atoms with van der Waals surface area (Å²) in [5.74, 6) is 1.13. The number of amides is 1. The van der Waals surface area contributed by atoms with Crippen molar-refractivity contribution in [3.05, 3.63) is 41.6 Å². The zero-order valence-electron chi connectivity index (χ0n) is 11.8. The average molecular weight is 306 g/mol. The molecule has 1 aromatic heterocycles. The molecule has 2 rings (SSSR count). The third kappa shape index (κ3) is 4.10. The third-order valence-electron chi connectivity index (χ3n) is 2.79. The van der Waals surface area contributed by atoms with Gasteiger partial charge in [-0.25, -0.2) is 4.98 Å². The quantitative estimate of drug-likeness (QED) is 0.881. The molecule has 1 aromatic carbocycles. The summed E-state index contributed by atoms with van der Waals surface area (Å²) in [6.45, 7) is 1.79. The van der Waals surface area contributed by atoms with Gasteiger partial charge in [0, 0.05) is 11.4 Å².